The molecule has 0 bridgehead atoms. The van der Waals surface area contributed by atoms with Crippen LogP contribution in [0.3, 0.4) is 0 Å². The molecule has 1 heterocycles. The molecule has 0 N–H and O–H groups in total. The minimum Gasteiger partial charge on any atom is -0.235 e. The van der Waals surface area contributed by atoms with Crippen molar-refractivity contribution in [3.05, 3.63) is 24.1 Å². The molecule has 2 nitrogen and oxygen atoms in total. The van der Waals surface area contributed by atoms with Gasteiger partial charge in [-0.15, -0.1) is 0 Å². The number of pyridine rings is 1. The lowest BCUT2D eigenvalue weighted by molar-refractivity contribution is 0.624. The Kier molecular flexibility index (Phi) is 2.79. The summed E-state index contributed by atoms with van der Waals surface area (Å²) in [7, 11) is 0. The highest BCUT2D eigenvalue weighted by atomic mass is 35.5. The van der Waals surface area contributed by atoms with Crippen LogP contribution in [0.4, 0.5) is 10.2 Å². The number of hydrogen-bond acceptors (Lipinski definition) is 2. The van der Waals surface area contributed by atoms with Gasteiger partial charge in [-0.3, -0.25) is 0 Å². The van der Waals surface area contributed by atoms with Crippen molar-refractivity contribution in [3.8, 4) is 0 Å². The topological polar surface area (TPSA) is 25.2 Å². The third-order valence-electron chi connectivity index (χ3n) is 0.929. The van der Waals surface area contributed by atoms with Crippen LogP contribution in [-0.4, -0.2) is 9.61 Å². The number of hydrogen-bond donors (Lipinski definition) is 0. The van der Waals surface area contributed by atoms with E-state index in [0.29, 0.717) is 0 Å². The van der Waals surface area contributed by atoms with Gasteiger partial charge in [0, 0.05) is 6.20 Å². The maximum absolute atomic E-state index is 12.7. The van der Waals surface area contributed by atoms with E-state index in [2.05, 4.69) is 9.98 Å². The van der Waals surface area contributed by atoms with E-state index in [-0.39, 0.29) is 10.4 Å². The standard InChI is InChI=1S/C6H3Cl2FN2/c7-6(8)11-5-4(9)2-1-3-10-5/h1-3H. The molecule has 0 unspecified atom stereocenters. The molecule has 0 aromatic carbocycles. The summed E-state index contributed by atoms with van der Waals surface area (Å²) in [6, 6.07) is 2.68. The van der Waals surface area contributed by atoms with Gasteiger partial charge in [-0.1, -0.05) is 0 Å². The molecule has 1 aromatic rings. The Balaban J connectivity index is 3.04. The summed E-state index contributed by atoms with van der Waals surface area (Å²) in [6.07, 6.45) is 1.40. The maximum Gasteiger partial charge on any atom is 0.198 e. The van der Waals surface area contributed by atoms with Crippen LogP contribution in [0.1, 0.15) is 0 Å². The maximum atomic E-state index is 12.7. The summed E-state index contributed by atoms with van der Waals surface area (Å²) in [4.78, 5) is 7.01. The Morgan fingerprint density at radius 1 is 1.55 bits per heavy atom. The quantitative estimate of drug-likeness (QED) is 0.629. The second kappa shape index (κ2) is 3.64. The van der Waals surface area contributed by atoms with Crippen LogP contribution >= 0.6 is 23.2 Å². The van der Waals surface area contributed by atoms with Crippen molar-refractivity contribution >= 4 is 33.6 Å². The zero-order chi connectivity index (χ0) is 8.27. The minimum absolute atomic E-state index is 0.104. The van der Waals surface area contributed by atoms with Crippen molar-refractivity contribution in [3.63, 3.8) is 0 Å². The normalized spacial score (nSPS) is 9.36. The van der Waals surface area contributed by atoms with E-state index in [1.165, 1.54) is 18.3 Å². The molecule has 0 radical (unpaired) electrons. The molecular formula is C6H3Cl2FN2. The van der Waals surface area contributed by atoms with Gasteiger partial charge in [-0.25, -0.2) is 14.4 Å². The smallest absolute Gasteiger partial charge is 0.198 e. The highest BCUT2D eigenvalue weighted by molar-refractivity contribution is 6.95. The number of nitrogens with zero attached hydrogens (tertiary/aromatic N) is 2. The number of aromatic nitrogens is 1. The molecule has 1 rings (SSSR count). The molecule has 0 spiro atoms. The summed E-state index contributed by atoms with van der Waals surface area (Å²) in [5.41, 5.74) is 0. The third-order valence-corrected chi connectivity index (χ3v) is 1.10. The molecule has 0 amide bonds. The molecule has 0 fully saturated rings. The Morgan fingerprint density at radius 2 is 2.27 bits per heavy atom. The van der Waals surface area contributed by atoms with Crippen LogP contribution in [0.2, 0.25) is 0 Å². The first-order valence-electron chi connectivity index (χ1n) is 2.70. The second-order valence-corrected chi connectivity index (χ2v) is 2.57. The van der Waals surface area contributed by atoms with Gasteiger partial charge >= 0.3 is 0 Å². The van der Waals surface area contributed by atoms with Gasteiger partial charge < -0.3 is 0 Å². The first-order valence-corrected chi connectivity index (χ1v) is 3.46. The van der Waals surface area contributed by atoms with Gasteiger partial charge in [-0.05, 0) is 35.3 Å². The average Bonchev–Trinajstić information content (AvgIpc) is 1.93. The van der Waals surface area contributed by atoms with Crippen molar-refractivity contribution < 1.29 is 4.39 Å². The molecule has 0 saturated carbocycles. The van der Waals surface area contributed by atoms with Crippen LogP contribution < -0.4 is 0 Å². The Labute approximate surface area is 72.7 Å². The van der Waals surface area contributed by atoms with Gasteiger partial charge in [0.1, 0.15) is 0 Å². The van der Waals surface area contributed by atoms with Gasteiger partial charge in [0.25, 0.3) is 0 Å². The van der Waals surface area contributed by atoms with Gasteiger partial charge in [0.05, 0.1) is 0 Å². The third kappa shape index (κ3) is 2.44. The lowest BCUT2D eigenvalue weighted by Gasteiger charge is -1.91. The fourth-order valence-electron chi connectivity index (χ4n) is 0.540. The first kappa shape index (κ1) is 8.43. The van der Waals surface area contributed by atoms with Gasteiger partial charge in [-0.2, -0.15) is 0 Å². The fraction of sp³-hybridized carbons (Fsp3) is 0. The molecule has 0 aliphatic heterocycles. The summed E-state index contributed by atoms with van der Waals surface area (Å²) in [6.45, 7) is 0. The molecule has 5 heteroatoms. The van der Waals surface area contributed by atoms with E-state index < -0.39 is 5.82 Å². The van der Waals surface area contributed by atoms with Gasteiger partial charge in [0.2, 0.25) is 0 Å². The second-order valence-electron chi connectivity index (χ2n) is 1.66. The van der Waals surface area contributed by atoms with E-state index in [0.717, 1.165) is 0 Å². The van der Waals surface area contributed by atoms with Crippen molar-refractivity contribution in [1.82, 2.24) is 4.98 Å². The minimum atomic E-state index is -0.550. The summed E-state index contributed by atoms with van der Waals surface area (Å²) in [5, 5.41) is 0. The van der Waals surface area contributed by atoms with E-state index in [1.54, 1.807) is 0 Å². The Hall–Kier alpha value is -0.670. The van der Waals surface area contributed by atoms with Crippen LogP contribution in [0.25, 0.3) is 0 Å². The van der Waals surface area contributed by atoms with Crippen LogP contribution in [-0.2, 0) is 0 Å². The molecule has 0 atom stereocenters. The van der Waals surface area contributed by atoms with Crippen molar-refractivity contribution in [2.75, 3.05) is 0 Å². The predicted molar refractivity (Wildman–Crippen MR) is 43.0 cm³/mol. The van der Waals surface area contributed by atoms with E-state index >= 15 is 0 Å². The van der Waals surface area contributed by atoms with E-state index in [1.807, 2.05) is 0 Å². The molecule has 1 aromatic heterocycles. The Morgan fingerprint density at radius 3 is 2.82 bits per heavy atom. The molecule has 0 aliphatic carbocycles. The highest BCUT2D eigenvalue weighted by Gasteiger charge is 1.99. The van der Waals surface area contributed by atoms with E-state index in [4.69, 9.17) is 23.2 Å². The van der Waals surface area contributed by atoms with Crippen LogP contribution in [0.5, 0.6) is 0 Å². The van der Waals surface area contributed by atoms with Crippen molar-refractivity contribution in [2.24, 2.45) is 4.99 Å². The molecule has 58 valence electrons. The first-order chi connectivity index (χ1) is 5.20. The average molecular weight is 193 g/mol. The zero-order valence-corrected chi connectivity index (χ0v) is 6.77. The monoisotopic (exact) mass is 192 g/mol. The molecule has 0 saturated heterocycles. The van der Waals surface area contributed by atoms with Crippen molar-refractivity contribution in [1.29, 1.82) is 0 Å². The van der Waals surface area contributed by atoms with E-state index in [9.17, 15) is 4.39 Å². The van der Waals surface area contributed by atoms with Gasteiger partial charge in [0.15, 0.2) is 16.3 Å². The molecule has 0 aliphatic rings. The van der Waals surface area contributed by atoms with Crippen LogP contribution in [0.15, 0.2) is 23.3 Å². The number of rotatable bonds is 1. The summed E-state index contributed by atoms with van der Waals surface area (Å²) >= 11 is 10.4. The largest absolute Gasteiger partial charge is 0.235 e. The predicted octanol–water partition coefficient (Wildman–Crippen LogP) is 2.69. The SMILES string of the molecule is Fc1cccnc1N=C(Cl)Cl. The highest BCUT2D eigenvalue weighted by Crippen LogP contribution is 2.14. The molecular weight excluding hydrogens is 190 g/mol. The summed E-state index contributed by atoms with van der Waals surface area (Å²) < 4.78 is 12.4. The Bertz CT molecular complexity index is 284. The van der Waals surface area contributed by atoms with Crippen molar-refractivity contribution in [2.45, 2.75) is 0 Å². The molecule has 11 heavy (non-hydrogen) atoms. The number of aliphatic imine (C=N–C) groups is 1. The summed E-state index contributed by atoms with van der Waals surface area (Å²) in [5.74, 6) is -0.654. The van der Waals surface area contributed by atoms with Crippen LogP contribution in [0, 0.1) is 5.82 Å². The lowest BCUT2D eigenvalue weighted by atomic mass is 10.4. The zero-order valence-electron chi connectivity index (χ0n) is 5.26. The number of halogens is 3. The fourth-order valence-corrected chi connectivity index (χ4v) is 0.700. The lowest BCUT2D eigenvalue weighted by Crippen LogP contribution is -1.80.